The molecule has 0 spiro atoms. The van der Waals surface area contributed by atoms with Gasteiger partial charge in [0.05, 0.1) is 7.11 Å². The van der Waals surface area contributed by atoms with Gasteiger partial charge in [-0.2, -0.15) is 5.26 Å². The summed E-state index contributed by atoms with van der Waals surface area (Å²) < 4.78 is 5.11. The van der Waals surface area contributed by atoms with Crippen LogP contribution in [0.4, 0.5) is 0 Å². The lowest BCUT2D eigenvalue weighted by Crippen LogP contribution is -2.24. The maximum absolute atomic E-state index is 12.0. The van der Waals surface area contributed by atoms with E-state index in [1.165, 1.54) is 6.08 Å². The van der Waals surface area contributed by atoms with E-state index in [1.807, 2.05) is 30.3 Å². The minimum Gasteiger partial charge on any atom is -0.497 e. The van der Waals surface area contributed by atoms with Crippen LogP contribution in [0.3, 0.4) is 0 Å². The van der Waals surface area contributed by atoms with Gasteiger partial charge in [0, 0.05) is 25.0 Å². The van der Waals surface area contributed by atoms with Crippen LogP contribution in [0.2, 0.25) is 0 Å². The SMILES string of the molecule is COc1cccc(CNC(=O)/C(C#N)=C/c2ncc[nH]2)c1. The van der Waals surface area contributed by atoms with Gasteiger partial charge >= 0.3 is 0 Å². The molecule has 0 radical (unpaired) electrons. The summed E-state index contributed by atoms with van der Waals surface area (Å²) in [5.41, 5.74) is 0.880. The Kier molecular flexibility index (Phi) is 4.72. The Morgan fingerprint density at radius 2 is 2.43 bits per heavy atom. The van der Waals surface area contributed by atoms with Crippen LogP contribution in [-0.2, 0) is 11.3 Å². The Hall–Kier alpha value is -3.07. The molecule has 0 saturated heterocycles. The van der Waals surface area contributed by atoms with Gasteiger partial charge in [0.25, 0.3) is 5.91 Å². The van der Waals surface area contributed by atoms with Gasteiger partial charge in [0.15, 0.2) is 0 Å². The molecule has 0 aliphatic rings. The van der Waals surface area contributed by atoms with Gasteiger partial charge in [-0.15, -0.1) is 0 Å². The van der Waals surface area contributed by atoms with Crippen molar-refractivity contribution in [1.82, 2.24) is 15.3 Å². The minimum atomic E-state index is -0.447. The van der Waals surface area contributed by atoms with Crippen molar-refractivity contribution < 1.29 is 9.53 Å². The van der Waals surface area contributed by atoms with Crippen LogP contribution >= 0.6 is 0 Å². The third-order valence-corrected chi connectivity index (χ3v) is 2.75. The Morgan fingerprint density at radius 1 is 1.57 bits per heavy atom. The monoisotopic (exact) mass is 282 g/mol. The van der Waals surface area contributed by atoms with E-state index in [1.54, 1.807) is 19.5 Å². The van der Waals surface area contributed by atoms with E-state index in [0.29, 0.717) is 18.1 Å². The lowest BCUT2D eigenvalue weighted by molar-refractivity contribution is -0.117. The largest absolute Gasteiger partial charge is 0.497 e. The highest BCUT2D eigenvalue weighted by molar-refractivity contribution is 6.01. The smallest absolute Gasteiger partial charge is 0.262 e. The number of nitrogens with zero attached hydrogens (tertiary/aromatic N) is 2. The molecule has 0 bridgehead atoms. The van der Waals surface area contributed by atoms with E-state index < -0.39 is 5.91 Å². The van der Waals surface area contributed by atoms with Crippen molar-refractivity contribution in [3.63, 3.8) is 0 Å². The molecule has 2 N–H and O–H groups in total. The molecule has 1 aromatic heterocycles. The van der Waals surface area contributed by atoms with Crippen LogP contribution < -0.4 is 10.1 Å². The molecule has 1 aromatic carbocycles. The van der Waals surface area contributed by atoms with Gasteiger partial charge in [-0.25, -0.2) is 4.98 Å². The van der Waals surface area contributed by atoms with Crippen molar-refractivity contribution in [3.8, 4) is 11.8 Å². The van der Waals surface area contributed by atoms with Gasteiger partial charge in [0.2, 0.25) is 0 Å². The number of amides is 1. The summed E-state index contributed by atoms with van der Waals surface area (Å²) >= 11 is 0. The number of carbonyl (C=O) groups excluding carboxylic acids is 1. The highest BCUT2D eigenvalue weighted by Crippen LogP contribution is 2.12. The van der Waals surface area contributed by atoms with Crippen LogP contribution in [0.5, 0.6) is 5.75 Å². The zero-order valence-corrected chi connectivity index (χ0v) is 11.5. The van der Waals surface area contributed by atoms with Gasteiger partial charge < -0.3 is 15.0 Å². The number of nitrogens with one attached hydrogen (secondary N) is 2. The van der Waals surface area contributed by atoms with E-state index >= 15 is 0 Å². The van der Waals surface area contributed by atoms with E-state index in [-0.39, 0.29) is 5.57 Å². The number of H-pyrrole nitrogens is 1. The molecule has 1 amide bonds. The first-order valence-electron chi connectivity index (χ1n) is 6.25. The number of carbonyl (C=O) groups is 1. The standard InChI is InChI=1S/C15H14N4O2/c1-21-13-4-2-3-11(7-13)10-19-15(20)12(9-16)8-14-17-5-6-18-14/h2-8H,10H2,1H3,(H,17,18)(H,19,20)/b12-8+. The van der Waals surface area contributed by atoms with Crippen LogP contribution in [0.1, 0.15) is 11.4 Å². The lowest BCUT2D eigenvalue weighted by atomic mass is 10.2. The van der Waals surface area contributed by atoms with Crippen LogP contribution in [0.25, 0.3) is 6.08 Å². The zero-order chi connectivity index (χ0) is 15.1. The molecule has 6 nitrogen and oxygen atoms in total. The maximum atomic E-state index is 12.0. The fourth-order valence-corrected chi connectivity index (χ4v) is 1.70. The number of ether oxygens (including phenoxy) is 1. The first-order chi connectivity index (χ1) is 10.2. The molecule has 1 heterocycles. The second kappa shape index (κ2) is 6.91. The Morgan fingerprint density at radius 3 is 3.10 bits per heavy atom. The molecular formula is C15H14N4O2. The summed E-state index contributed by atoms with van der Waals surface area (Å²) in [4.78, 5) is 18.7. The summed E-state index contributed by atoms with van der Waals surface area (Å²) in [5, 5.41) is 11.7. The Balaban J connectivity index is 2.02. The molecule has 2 rings (SSSR count). The molecule has 0 fully saturated rings. The maximum Gasteiger partial charge on any atom is 0.262 e. The van der Waals surface area contributed by atoms with Crippen molar-refractivity contribution in [2.24, 2.45) is 0 Å². The summed E-state index contributed by atoms with van der Waals surface area (Å²) in [5.74, 6) is 0.730. The van der Waals surface area contributed by atoms with Gasteiger partial charge in [-0.3, -0.25) is 4.79 Å². The number of hydrogen-bond acceptors (Lipinski definition) is 4. The first-order valence-corrected chi connectivity index (χ1v) is 6.25. The summed E-state index contributed by atoms with van der Waals surface area (Å²) in [6.45, 7) is 0.313. The molecule has 2 aromatic rings. The highest BCUT2D eigenvalue weighted by Gasteiger charge is 2.09. The van der Waals surface area contributed by atoms with Gasteiger partial charge in [0.1, 0.15) is 23.2 Å². The second-order valence-corrected chi connectivity index (χ2v) is 4.18. The topological polar surface area (TPSA) is 90.8 Å². The van der Waals surface area contributed by atoms with Crippen molar-refractivity contribution in [2.45, 2.75) is 6.54 Å². The number of hydrogen-bond donors (Lipinski definition) is 2. The fourth-order valence-electron chi connectivity index (χ4n) is 1.70. The number of nitriles is 1. The molecule has 0 atom stereocenters. The number of methoxy groups -OCH3 is 1. The number of imidazole rings is 1. The molecule has 6 heteroatoms. The summed E-state index contributed by atoms with van der Waals surface area (Å²) in [7, 11) is 1.58. The fraction of sp³-hybridized carbons (Fsp3) is 0.133. The van der Waals surface area contributed by atoms with Crippen molar-refractivity contribution >= 4 is 12.0 Å². The van der Waals surface area contributed by atoms with E-state index in [4.69, 9.17) is 10.00 Å². The average molecular weight is 282 g/mol. The van der Waals surface area contributed by atoms with Crippen molar-refractivity contribution in [3.05, 3.63) is 53.6 Å². The third-order valence-electron chi connectivity index (χ3n) is 2.75. The molecule has 0 unspecified atom stereocenters. The molecule has 106 valence electrons. The number of rotatable bonds is 5. The second-order valence-electron chi connectivity index (χ2n) is 4.18. The van der Waals surface area contributed by atoms with Gasteiger partial charge in [-0.05, 0) is 17.7 Å². The predicted molar refractivity (Wildman–Crippen MR) is 77.0 cm³/mol. The van der Waals surface area contributed by atoms with E-state index in [9.17, 15) is 4.79 Å². The Bertz CT molecular complexity index is 684. The summed E-state index contributed by atoms with van der Waals surface area (Å²) in [6.07, 6.45) is 4.57. The third kappa shape index (κ3) is 3.94. The first kappa shape index (κ1) is 14.3. The Labute approximate surface area is 122 Å². The molecule has 0 aliphatic heterocycles. The van der Waals surface area contributed by atoms with Crippen molar-refractivity contribution in [1.29, 1.82) is 5.26 Å². The predicted octanol–water partition coefficient (Wildman–Crippen LogP) is 1.64. The molecule has 0 aliphatic carbocycles. The number of benzene rings is 1. The quantitative estimate of drug-likeness (QED) is 0.644. The lowest BCUT2D eigenvalue weighted by Gasteiger charge is -2.06. The van der Waals surface area contributed by atoms with E-state index in [2.05, 4.69) is 15.3 Å². The molecule has 0 saturated carbocycles. The van der Waals surface area contributed by atoms with Crippen LogP contribution in [-0.4, -0.2) is 23.0 Å². The van der Waals surface area contributed by atoms with E-state index in [0.717, 1.165) is 5.56 Å². The highest BCUT2D eigenvalue weighted by atomic mass is 16.5. The zero-order valence-electron chi connectivity index (χ0n) is 11.5. The number of aromatic nitrogens is 2. The van der Waals surface area contributed by atoms with Gasteiger partial charge in [-0.1, -0.05) is 12.1 Å². The number of aromatic amines is 1. The average Bonchev–Trinajstić information content (AvgIpc) is 3.03. The summed E-state index contributed by atoms with van der Waals surface area (Å²) in [6, 6.07) is 9.21. The molecule has 21 heavy (non-hydrogen) atoms. The van der Waals surface area contributed by atoms with Crippen molar-refractivity contribution in [2.75, 3.05) is 7.11 Å². The van der Waals surface area contributed by atoms with Crippen LogP contribution in [0.15, 0.2) is 42.2 Å². The van der Waals surface area contributed by atoms with Crippen LogP contribution in [0, 0.1) is 11.3 Å². The normalized spacial score (nSPS) is 10.8. The minimum absolute atomic E-state index is 0.00662. The molecular weight excluding hydrogens is 268 g/mol.